The largest absolute Gasteiger partial charge is 0.487 e. The van der Waals surface area contributed by atoms with Gasteiger partial charge in [-0.15, -0.1) is 0 Å². The Balaban J connectivity index is 2.26. The molecular formula is C12H8BrClFNO3S. The van der Waals surface area contributed by atoms with Gasteiger partial charge in [-0.3, -0.25) is 4.98 Å². The van der Waals surface area contributed by atoms with Crippen LogP contribution < -0.4 is 4.74 Å². The van der Waals surface area contributed by atoms with Crippen molar-refractivity contribution in [3.8, 4) is 5.75 Å². The van der Waals surface area contributed by atoms with Crippen LogP contribution in [0.3, 0.4) is 0 Å². The quantitative estimate of drug-likeness (QED) is 0.762. The molecule has 4 nitrogen and oxygen atoms in total. The first-order valence-corrected chi connectivity index (χ1v) is 8.43. The molecule has 8 heteroatoms. The van der Waals surface area contributed by atoms with Gasteiger partial charge in [-0.25, -0.2) is 12.8 Å². The third-order valence-corrected chi connectivity index (χ3v) is 4.10. The summed E-state index contributed by atoms with van der Waals surface area (Å²) < 4.78 is 42.0. The summed E-state index contributed by atoms with van der Waals surface area (Å²) >= 11 is 3.26. The van der Waals surface area contributed by atoms with Gasteiger partial charge in [0, 0.05) is 33.1 Å². The molecule has 0 fully saturated rings. The summed E-state index contributed by atoms with van der Waals surface area (Å²) in [6, 6.07) is 4.90. The van der Waals surface area contributed by atoms with Crippen LogP contribution in [0.15, 0.2) is 46.0 Å². The van der Waals surface area contributed by atoms with Crippen molar-refractivity contribution in [2.24, 2.45) is 0 Å². The van der Waals surface area contributed by atoms with E-state index in [4.69, 9.17) is 15.4 Å². The van der Waals surface area contributed by atoms with Crippen LogP contribution in [0, 0.1) is 5.82 Å². The fourth-order valence-corrected chi connectivity index (χ4v) is 2.88. The summed E-state index contributed by atoms with van der Waals surface area (Å²) in [6.07, 6.45) is 3.18. The Morgan fingerprint density at radius 3 is 2.70 bits per heavy atom. The van der Waals surface area contributed by atoms with Crippen molar-refractivity contribution >= 4 is 35.7 Å². The van der Waals surface area contributed by atoms with Gasteiger partial charge < -0.3 is 4.74 Å². The molecule has 0 saturated carbocycles. The molecule has 0 spiro atoms. The first kappa shape index (κ1) is 15.2. The van der Waals surface area contributed by atoms with E-state index in [0.717, 1.165) is 22.2 Å². The van der Waals surface area contributed by atoms with E-state index in [1.807, 2.05) is 0 Å². The summed E-state index contributed by atoms with van der Waals surface area (Å²) in [6.45, 7) is 0.0808. The van der Waals surface area contributed by atoms with Crippen LogP contribution in [0.5, 0.6) is 5.75 Å². The van der Waals surface area contributed by atoms with Crippen molar-refractivity contribution < 1.29 is 17.5 Å². The standard InChI is InChI=1S/C12H8BrClFNO3S/c13-9-3-8(5-16-6-9)7-19-11-2-1-10(15)4-12(11)20(14,17)18/h1-6H,7H2. The van der Waals surface area contributed by atoms with Gasteiger partial charge in [-0.05, 0) is 40.2 Å². The maximum atomic E-state index is 13.1. The Bertz CT molecular complexity index is 739. The highest BCUT2D eigenvalue weighted by Crippen LogP contribution is 2.28. The van der Waals surface area contributed by atoms with Gasteiger partial charge in [-0.2, -0.15) is 0 Å². The lowest BCUT2D eigenvalue weighted by molar-refractivity contribution is 0.297. The molecule has 0 aliphatic heterocycles. The van der Waals surface area contributed by atoms with Crippen molar-refractivity contribution in [1.29, 1.82) is 0 Å². The fraction of sp³-hybridized carbons (Fsp3) is 0.0833. The molecule has 2 rings (SSSR count). The molecular weight excluding hydrogens is 373 g/mol. The van der Waals surface area contributed by atoms with Gasteiger partial charge in [0.15, 0.2) is 0 Å². The third-order valence-electron chi connectivity index (χ3n) is 2.32. The second-order valence-corrected chi connectivity index (χ2v) is 7.28. The molecule has 106 valence electrons. The summed E-state index contributed by atoms with van der Waals surface area (Å²) in [5.41, 5.74) is 0.724. The van der Waals surface area contributed by atoms with Crippen LogP contribution >= 0.6 is 26.6 Å². The Morgan fingerprint density at radius 1 is 1.30 bits per heavy atom. The molecule has 0 bridgehead atoms. The van der Waals surface area contributed by atoms with Crippen LogP contribution in [0.1, 0.15) is 5.56 Å². The topological polar surface area (TPSA) is 56.3 Å². The monoisotopic (exact) mass is 379 g/mol. The van der Waals surface area contributed by atoms with Crippen molar-refractivity contribution in [2.45, 2.75) is 11.5 Å². The zero-order valence-electron chi connectivity index (χ0n) is 9.89. The van der Waals surface area contributed by atoms with Gasteiger partial charge in [-0.1, -0.05) is 0 Å². The average molecular weight is 381 g/mol. The van der Waals surface area contributed by atoms with E-state index in [1.165, 1.54) is 6.07 Å². The number of hydrogen-bond donors (Lipinski definition) is 0. The average Bonchev–Trinajstić information content (AvgIpc) is 2.36. The molecule has 0 saturated heterocycles. The molecule has 1 aromatic heterocycles. The van der Waals surface area contributed by atoms with Gasteiger partial charge in [0.25, 0.3) is 9.05 Å². The molecule has 0 aliphatic rings. The minimum absolute atomic E-state index is 0.0126. The molecule has 20 heavy (non-hydrogen) atoms. The lowest BCUT2D eigenvalue weighted by Crippen LogP contribution is -2.01. The number of benzene rings is 1. The van der Waals surface area contributed by atoms with Crippen molar-refractivity contribution in [3.63, 3.8) is 0 Å². The zero-order valence-corrected chi connectivity index (χ0v) is 13.0. The smallest absolute Gasteiger partial charge is 0.265 e. The van der Waals surface area contributed by atoms with Crippen molar-refractivity contribution in [1.82, 2.24) is 4.98 Å². The molecule has 0 atom stereocenters. The highest BCUT2D eigenvalue weighted by molar-refractivity contribution is 9.10. The first-order valence-electron chi connectivity index (χ1n) is 5.33. The maximum absolute atomic E-state index is 13.1. The summed E-state index contributed by atoms with van der Waals surface area (Å²) in [5.74, 6) is -0.720. The summed E-state index contributed by atoms with van der Waals surface area (Å²) in [4.78, 5) is 3.55. The van der Waals surface area contributed by atoms with Crippen molar-refractivity contribution in [3.05, 3.63) is 52.5 Å². The Labute approximate surface area is 128 Å². The second kappa shape index (κ2) is 6.07. The van der Waals surface area contributed by atoms with Crippen LogP contribution in [0.25, 0.3) is 0 Å². The van der Waals surface area contributed by atoms with Crippen LogP contribution in [-0.4, -0.2) is 13.4 Å². The van der Waals surface area contributed by atoms with E-state index in [1.54, 1.807) is 18.5 Å². The summed E-state index contributed by atoms with van der Waals surface area (Å²) in [7, 11) is 1.16. The van der Waals surface area contributed by atoms with E-state index >= 15 is 0 Å². The predicted molar refractivity (Wildman–Crippen MR) is 75.7 cm³/mol. The van der Waals surface area contributed by atoms with Crippen LogP contribution in [0.4, 0.5) is 4.39 Å². The van der Waals surface area contributed by atoms with E-state index in [0.29, 0.717) is 0 Å². The molecule has 0 N–H and O–H groups in total. The molecule has 0 aliphatic carbocycles. The zero-order chi connectivity index (χ0) is 14.8. The lowest BCUT2D eigenvalue weighted by atomic mass is 10.3. The highest BCUT2D eigenvalue weighted by atomic mass is 79.9. The minimum Gasteiger partial charge on any atom is -0.487 e. The van der Waals surface area contributed by atoms with Crippen molar-refractivity contribution in [2.75, 3.05) is 0 Å². The normalized spacial score (nSPS) is 11.3. The Kier molecular flexibility index (Phi) is 4.62. The van der Waals surface area contributed by atoms with Gasteiger partial charge >= 0.3 is 0 Å². The third kappa shape index (κ3) is 3.91. The van der Waals surface area contributed by atoms with Crippen LogP contribution in [0.2, 0.25) is 0 Å². The number of pyridine rings is 1. The van der Waals surface area contributed by atoms with E-state index in [-0.39, 0.29) is 12.4 Å². The maximum Gasteiger partial charge on any atom is 0.265 e. The highest BCUT2D eigenvalue weighted by Gasteiger charge is 2.18. The Hall–Kier alpha value is -1.18. The number of nitrogens with zero attached hydrogens (tertiary/aromatic N) is 1. The SMILES string of the molecule is O=S(=O)(Cl)c1cc(F)ccc1OCc1cncc(Br)c1. The van der Waals surface area contributed by atoms with Gasteiger partial charge in [0.1, 0.15) is 23.1 Å². The molecule has 1 aromatic carbocycles. The number of rotatable bonds is 4. The lowest BCUT2D eigenvalue weighted by Gasteiger charge is -2.09. The number of hydrogen-bond acceptors (Lipinski definition) is 4. The molecule has 0 radical (unpaired) electrons. The van der Waals surface area contributed by atoms with E-state index in [2.05, 4.69) is 20.9 Å². The second-order valence-electron chi connectivity index (χ2n) is 3.83. The van der Waals surface area contributed by atoms with E-state index < -0.39 is 19.8 Å². The number of aromatic nitrogens is 1. The molecule has 1 heterocycles. The fourth-order valence-electron chi connectivity index (χ4n) is 1.49. The van der Waals surface area contributed by atoms with Gasteiger partial charge in [0.2, 0.25) is 0 Å². The minimum atomic E-state index is -4.09. The van der Waals surface area contributed by atoms with Gasteiger partial charge in [0.05, 0.1) is 0 Å². The van der Waals surface area contributed by atoms with Crippen LogP contribution in [-0.2, 0) is 15.7 Å². The molecule has 2 aromatic rings. The van der Waals surface area contributed by atoms with E-state index in [9.17, 15) is 12.8 Å². The number of halogens is 3. The summed E-state index contributed by atoms with van der Waals surface area (Å²) in [5, 5.41) is 0. The molecule has 0 amide bonds. The predicted octanol–water partition coefficient (Wildman–Crippen LogP) is 3.49. The molecule has 0 unspecified atom stereocenters. The Morgan fingerprint density at radius 2 is 2.05 bits per heavy atom. The number of ether oxygens (including phenoxy) is 1. The first-order chi connectivity index (χ1) is 9.36.